The smallest absolute Gasteiger partial charge is 0.162 e. The van der Waals surface area contributed by atoms with Crippen LogP contribution in [-0.4, -0.2) is 26.4 Å². The molecule has 0 unspecified atom stereocenters. The molecule has 3 aromatic heterocycles. The van der Waals surface area contributed by atoms with Gasteiger partial charge in [0.25, 0.3) is 0 Å². The van der Waals surface area contributed by atoms with Gasteiger partial charge in [-0.05, 0) is 24.1 Å². The van der Waals surface area contributed by atoms with Gasteiger partial charge in [0.2, 0.25) is 0 Å². The zero-order chi connectivity index (χ0) is 15.6. The third kappa shape index (κ3) is 3.04. The van der Waals surface area contributed by atoms with E-state index >= 15 is 0 Å². The highest BCUT2D eigenvalue weighted by molar-refractivity contribution is 7.13. The number of rotatable bonds is 4. The molecule has 0 radical (unpaired) electrons. The molecule has 0 aromatic carbocycles. The molecule has 0 atom stereocenters. The Bertz CT molecular complexity index is 797. The lowest BCUT2D eigenvalue weighted by atomic mass is 10.1. The Morgan fingerprint density at radius 3 is 3.13 bits per heavy atom. The van der Waals surface area contributed by atoms with E-state index in [1.165, 1.54) is 11.3 Å². The van der Waals surface area contributed by atoms with E-state index in [0.717, 1.165) is 54.8 Å². The van der Waals surface area contributed by atoms with Crippen molar-refractivity contribution in [2.45, 2.75) is 32.9 Å². The molecule has 23 heavy (non-hydrogen) atoms. The minimum absolute atomic E-state index is 0.838. The Morgan fingerprint density at radius 1 is 1.35 bits per heavy atom. The van der Waals surface area contributed by atoms with Crippen molar-refractivity contribution in [2.75, 3.05) is 6.54 Å². The summed E-state index contributed by atoms with van der Waals surface area (Å²) < 4.78 is 5.41. The number of hydrogen-bond acceptors (Lipinski definition) is 6. The molecular weight excluding hydrogens is 308 g/mol. The van der Waals surface area contributed by atoms with E-state index in [1.807, 2.05) is 18.3 Å². The topological polar surface area (TPSA) is 55.1 Å². The first-order chi connectivity index (χ1) is 11.3. The summed E-state index contributed by atoms with van der Waals surface area (Å²) in [6.07, 6.45) is 5.57. The van der Waals surface area contributed by atoms with Crippen LogP contribution in [0.4, 0.5) is 0 Å². The van der Waals surface area contributed by atoms with Crippen LogP contribution >= 0.6 is 11.3 Å². The minimum atomic E-state index is 0.838. The van der Waals surface area contributed by atoms with E-state index in [0.29, 0.717) is 0 Å². The van der Waals surface area contributed by atoms with Gasteiger partial charge in [-0.2, -0.15) is 0 Å². The molecule has 1 aliphatic heterocycles. The number of hydrogen-bond donors (Lipinski definition) is 0. The summed E-state index contributed by atoms with van der Waals surface area (Å²) in [4.78, 5) is 16.2. The predicted octanol–water partition coefficient (Wildman–Crippen LogP) is 3.31. The van der Waals surface area contributed by atoms with Crippen molar-refractivity contribution in [2.24, 2.45) is 0 Å². The lowest BCUT2D eigenvalue weighted by molar-refractivity contribution is 0.238. The largest absolute Gasteiger partial charge is 0.462 e. The molecule has 0 fully saturated rings. The number of thiazole rings is 1. The van der Waals surface area contributed by atoms with E-state index in [1.54, 1.807) is 17.6 Å². The Balaban J connectivity index is 1.48. The molecule has 3 aromatic rings. The van der Waals surface area contributed by atoms with Gasteiger partial charge in [0, 0.05) is 37.6 Å². The van der Waals surface area contributed by atoms with Crippen LogP contribution in [0, 0.1) is 0 Å². The lowest BCUT2D eigenvalue weighted by Gasteiger charge is -2.27. The van der Waals surface area contributed by atoms with Gasteiger partial charge in [0.1, 0.15) is 5.82 Å². The second-order valence-corrected chi connectivity index (χ2v) is 6.55. The van der Waals surface area contributed by atoms with Gasteiger partial charge in [-0.1, -0.05) is 6.92 Å². The van der Waals surface area contributed by atoms with E-state index in [2.05, 4.69) is 32.2 Å². The van der Waals surface area contributed by atoms with Crippen LogP contribution in [0.3, 0.4) is 0 Å². The maximum Gasteiger partial charge on any atom is 0.162 e. The van der Waals surface area contributed by atoms with E-state index in [-0.39, 0.29) is 0 Å². The lowest BCUT2D eigenvalue weighted by Crippen LogP contribution is -2.31. The standard InChI is InChI=1S/C17H18N4OS/c1-2-16-18-8-12-5-6-21(10-14(12)20-16)9-13-11-23-17(19-13)15-4-3-7-22-15/h3-4,7-8,11H,2,5-6,9-10H2,1H3. The second kappa shape index (κ2) is 6.22. The molecule has 0 spiro atoms. The van der Waals surface area contributed by atoms with Crippen LogP contribution < -0.4 is 0 Å². The molecule has 0 aliphatic carbocycles. The van der Waals surface area contributed by atoms with Gasteiger partial charge in [-0.3, -0.25) is 4.90 Å². The Morgan fingerprint density at radius 2 is 2.30 bits per heavy atom. The van der Waals surface area contributed by atoms with Gasteiger partial charge in [-0.25, -0.2) is 15.0 Å². The van der Waals surface area contributed by atoms with Crippen molar-refractivity contribution < 1.29 is 4.42 Å². The van der Waals surface area contributed by atoms with Crippen LogP contribution in [0.5, 0.6) is 0 Å². The fraction of sp³-hybridized carbons (Fsp3) is 0.353. The number of nitrogens with zero attached hydrogens (tertiary/aromatic N) is 4. The first-order valence-electron chi connectivity index (χ1n) is 7.86. The SMILES string of the molecule is CCc1ncc2c(n1)CN(Cc1csc(-c3ccco3)n1)CC2. The average Bonchev–Trinajstić information content (AvgIpc) is 3.25. The van der Waals surface area contributed by atoms with Gasteiger partial charge in [0.05, 0.1) is 17.7 Å². The maximum absolute atomic E-state index is 5.41. The van der Waals surface area contributed by atoms with Crippen molar-refractivity contribution in [1.82, 2.24) is 19.9 Å². The molecule has 4 rings (SSSR count). The van der Waals surface area contributed by atoms with Crippen LogP contribution in [0.15, 0.2) is 34.4 Å². The third-order valence-electron chi connectivity index (χ3n) is 4.06. The highest BCUT2D eigenvalue weighted by Crippen LogP contribution is 2.25. The fourth-order valence-corrected chi connectivity index (χ4v) is 3.60. The highest BCUT2D eigenvalue weighted by atomic mass is 32.1. The fourth-order valence-electron chi connectivity index (χ4n) is 2.83. The van der Waals surface area contributed by atoms with Crippen molar-refractivity contribution in [3.63, 3.8) is 0 Å². The molecule has 6 heteroatoms. The summed E-state index contributed by atoms with van der Waals surface area (Å²) in [7, 11) is 0. The zero-order valence-corrected chi connectivity index (χ0v) is 13.8. The van der Waals surface area contributed by atoms with Crippen LogP contribution in [0.2, 0.25) is 0 Å². The van der Waals surface area contributed by atoms with E-state index in [4.69, 9.17) is 4.42 Å². The molecule has 0 saturated carbocycles. The Hall–Kier alpha value is -2.05. The number of aromatic nitrogens is 3. The number of furan rings is 1. The zero-order valence-electron chi connectivity index (χ0n) is 13.0. The normalized spacial score (nSPS) is 14.8. The predicted molar refractivity (Wildman–Crippen MR) is 89.0 cm³/mol. The quantitative estimate of drug-likeness (QED) is 0.736. The summed E-state index contributed by atoms with van der Waals surface area (Å²) in [5.41, 5.74) is 3.55. The summed E-state index contributed by atoms with van der Waals surface area (Å²) in [6.45, 7) is 4.84. The molecule has 0 saturated heterocycles. The van der Waals surface area contributed by atoms with Crippen molar-refractivity contribution in [3.8, 4) is 10.8 Å². The Labute approximate surface area is 139 Å². The van der Waals surface area contributed by atoms with Crippen LogP contribution in [0.25, 0.3) is 10.8 Å². The molecule has 4 heterocycles. The molecular formula is C17H18N4OS. The summed E-state index contributed by atoms with van der Waals surface area (Å²) in [5.74, 6) is 1.77. The van der Waals surface area contributed by atoms with Crippen molar-refractivity contribution in [3.05, 3.63) is 52.7 Å². The second-order valence-electron chi connectivity index (χ2n) is 5.69. The summed E-state index contributed by atoms with van der Waals surface area (Å²) >= 11 is 1.63. The van der Waals surface area contributed by atoms with E-state index < -0.39 is 0 Å². The average molecular weight is 326 g/mol. The number of fused-ring (bicyclic) bond motifs is 1. The summed E-state index contributed by atoms with van der Waals surface area (Å²) in [5, 5.41) is 3.06. The van der Waals surface area contributed by atoms with Crippen LogP contribution in [0.1, 0.15) is 29.7 Å². The monoisotopic (exact) mass is 326 g/mol. The minimum Gasteiger partial charge on any atom is -0.462 e. The summed E-state index contributed by atoms with van der Waals surface area (Å²) in [6, 6.07) is 3.84. The maximum atomic E-state index is 5.41. The van der Waals surface area contributed by atoms with Gasteiger partial charge in [-0.15, -0.1) is 11.3 Å². The molecule has 5 nitrogen and oxygen atoms in total. The molecule has 1 aliphatic rings. The molecule has 118 valence electrons. The first-order valence-corrected chi connectivity index (χ1v) is 8.74. The highest BCUT2D eigenvalue weighted by Gasteiger charge is 2.19. The van der Waals surface area contributed by atoms with Crippen molar-refractivity contribution >= 4 is 11.3 Å². The van der Waals surface area contributed by atoms with Gasteiger partial charge >= 0.3 is 0 Å². The van der Waals surface area contributed by atoms with E-state index in [9.17, 15) is 0 Å². The van der Waals surface area contributed by atoms with Crippen molar-refractivity contribution in [1.29, 1.82) is 0 Å². The van der Waals surface area contributed by atoms with Gasteiger partial charge < -0.3 is 4.42 Å². The third-order valence-corrected chi connectivity index (χ3v) is 4.97. The van der Waals surface area contributed by atoms with Gasteiger partial charge in [0.15, 0.2) is 10.8 Å². The Kier molecular flexibility index (Phi) is 3.93. The first kappa shape index (κ1) is 14.5. The molecule has 0 N–H and O–H groups in total. The molecule has 0 bridgehead atoms. The molecule has 0 amide bonds. The number of aryl methyl sites for hydroxylation is 1. The van der Waals surface area contributed by atoms with Crippen LogP contribution in [-0.2, 0) is 25.9 Å².